The first-order valence-corrected chi connectivity index (χ1v) is 8.68. The lowest BCUT2D eigenvalue weighted by molar-refractivity contribution is 0.603. The van der Waals surface area contributed by atoms with Gasteiger partial charge in [-0.05, 0) is 43.2 Å². The molecule has 0 radical (unpaired) electrons. The van der Waals surface area contributed by atoms with Crippen LogP contribution in [0, 0.1) is 6.92 Å². The Morgan fingerprint density at radius 3 is 2.65 bits per heavy atom. The predicted octanol–water partition coefficient (Wildman–Crippen LogP) is 3.66. The van der Waals surface area contributed by atoms with Gasteiger partial charge >= 0.3 is 0 Å². The lowest BCUT2D eigenvalue weighted by Gasteiger charge is -2.11. The van der Waals surface area contributed by atoms with Crippen LogP contribution in [-0.2, 0) is 16.4 Å². The Morgan fingerprint density at radius 1 is 1.35 bits per heavy atom. The summed E-state index contributed by atoms with van der Waals surface area (Å²) in [5.41, 5.74) is 7.27. The number of halogens is 1. The average molecular weight is 331 g/mol. The minimum Gasteiger partial charge on any atom is -0.398 e. The van der Waals surface area contributed by atoms with Crippen LogP contribution in [0.5, 0.6) is 0 Å². The van der Waals surface area contributed by atoms with E-state index < -0.39 is 10.0 Å². The lowest BCUT2D eigenvalue weighted by atomic mass is 10.2. The summed E-state index contributed by atoms with van der Waals surface area (Å²) in [4.78, 5) is 1.03. The predicted molar refractivity (Wildman–Crippen MR) is 85.1 cm³/mol. The number of hydrogen-bond donors (Lipinski definition) is 2. The first kappa shape index (κ1) is 15.2. The number of nitrogen functional groups attached to an aromatic ring is 1. The molecule has 0 fully saturated rings. The monoisotopic (exact) mass is 330 g/mol. The van der Waals surface area contributed by atoms with Crippen molar-refractivity contribution in [3.05, 3.63) is 39.7 Å². The standard InChI is InChI=1S/C13H15ClN2O2S2/c1-3-9-4-5-13(19-9)20(17,18)16-12-7-10(14)11(15)6-8(12)2/h4-7,16H,3,15H2,1-2H3. The molecule has 2 rings (SSSR count). The Kier molecular flexibility index (Phi) is 4.27. The van der Waals surface area contributed by atoms with Crippen LogP contribution in [0.15, 0.2) is 28.5 Å². The second-order valence-electron chi connectivity index (χ2n) is 4.37. The van der Waals surface area contributed by atoms with Crippen molar-refractivity contribution in [3.8, 4) is 0 Å². The molecule has 2 aromatic rings. The second kappa shape index (κ2) is 5.63. The maximum atomic E-state index is 12.3. The van der Waals surface area contributed by atoms with Gasteiger partial charge in [0.1, 0.15) is 4.21 Å². The Labute approximate surface area is 127 Å². The van der Waals surface area contributed by atoms with E-state index in [9.17, 15) is 8.42 Å². The van der Waals surface area contributed by atoms with Gasteiger partial charge in [0.05, 0.1) is 16.4 Å². The van der Waals surface area contributed by atoms with E-state index in [0.29, 0.717) is 20.6 Å². The molecule has 0 aliphatic carbocycles. The maximum Gasteiger partial charge on any atom is 0.271 e. The van der Waals surface area contributed by atoms with Crippen LogP contribution in [-0.4, -0.2) is 8.42 Å². The van der Waals surface area contributed by atoms with Crippen LogP contribution >= 0.6 is 22.9 Å². The van der Waals surface area contributed by atoms with Crippen LogP contribution in [0.25, 0.3) is 0 Å². The van der Waals surface area contributed by atoms with Crippen molar-refractivity contribution in [1.29, 1.82) is 0 Å². The molecule has 0 unspecified atom stereocenters. The summed E-state index contributed by atoms with van der Waals surface area (Å²) in [6.07, 6.45) is 0.812. The van der Waals surface area contributed by atoms with E-state index in [1.54, 1.807) is 19.1 Å². The van der Waals surface area contributed by atoms with E-state index in [0.717, 1.165) is 16.9 Å². The fourth-order valence-electron chi connectivity index (χ4n) is 1.70. The molecule has 0 bridgehead atoms. The number of sulfonamides is 1. The van der Waals surface area contributed by atoms with Gasteiger partial charge in [0.15, 0.2) is 0 Å². The third-order valence-corrected chi connectivity index (χ3v) is 6.25. The van der Waals surface area contributed by atoms with Gasteiger partial charge in [-0.1, -0.05) is 18.5 Å². The molecule has 108 valence electrons. The highest BCUT2D eigenvalue weighted by Gasteiger charge is 2.18. The highest BCUT2D eigenvalue weighted by molar-refractivity contribution is 7.94. The summed E-state index contributed by atoms with van der Waals surface area (Å²) in [6, 6.07) is 6.60. The molecule has 1 aromatic heterocycles. The first-order valence-electron chi connectivity index (χ1n) is 6.00. The van der Waals surface area contributed by atoms with E-state index >= 15 is 0 Å². The number of nitrogens with two attached hydrogens (primary N) is 1. The van der Waals surface area contributed by atoms with Crippen molar-refractivity contribution in [2.75, 3.05) is 10.5 Å². The molecular formula is C13H15ClN2O2S2. The van der Waals surface area contributed by atoms with E-state index in [2.05, 4.69) is 4.72 Å². The normalized spacial score (nSPS) is 11.6. The van der Waals surface area contributed by atoms with Gasteiger partial charge in [-0.3, -0.25) is 4.72 Å². The largest absolute Gasteiger partial charge is 0.398 e. The van der Waals surface area contributed by atoms with Crippen LogP contribution in [0.1, 0.15) is 17.4 Å². The third kappa shape index (κ3) is 3.08. The number of thiophene rings is 1. The first-order chi connectivity index (χ1) is 9.33. The average Bonchev–Trinajstić information content (AvgIpc) is 2.85. The number of hydrogen-bond acceptors (Lipinski definition) is 4. The Balaban J connectivity index is 2.35. The molecule has 7 heteroatoms. The zero-order chi connectivity index (χ0) is 14.9. The van der Waals surface area contributed by atoms with E-state index in [4.69, 9.17) is 17.3 Å². The zero-order valence-electron chi connectivity index (χ0n) is 11.1. The van der Waals surface area contributed by atoms with Gasteiger partial charge in [-0.15, -0.1) is 11.3 Å². The Hall–Kier alpha value is -1.24. The van der Waals surface area contributed by atoms with E-state index in [1.807, 2.05) is 13.0 Å². The van der Waals surface area contributed by atoms with Crippen molar-refractivity contribution < 1.29 is 8.42 Å². The molecule has 0 amide bonds. The number of anilines is 2. The lowest BCUT2D eigenvalue weighted by Crippen LogP contribution is -2.12. The summed E-state index contributed by atoms with van der Waals surface area (Å²) >= 11 is 7.19. The number of nitrogens with one attached hydrogen (secondary N) is 1. The van der Waals surface area contributed by atoms with Crippen molar-refractivity contribution >= 4 is 44.3 Å². The number of aryl methyl sites for hydroxylation is 2. The highest BCUT2D eigenvalue weighted by atomic mass is 35.5. The quantitative estimate of drug-likeness (QED) is 0.840. The van der Waals surface area contributed by atoms with Crippen molar-refractivity contribution in [2.24, 2.45) is 0 Å². The van der Waals surface area contributed by atoms with Crippen molar-refractivity contribution in [2.45, 2.75) is 24.5 Å². The second-order valence-corrected chi connectivity index (χ2v) is 7.85. The highest BCUT2D eigenvalue weighted by Crippen LogP contribution is 2.30. The van der Waals surface area contributed by atoms with Gasteiger partial charge < -0.3 is 5.73 Å². The molecular weight excluding hydrogens is 316 g/mol. The molecule has 0 atom stereocenters. The summed E-state index contributed by atoms with van der Waals surface area (Å²) < 4.78 is 27.5. The van der Waals surface area contributed by atoms with Crippen LogP contribution in [0.4, 0.5) is 11.4 Å². The summed E-state index contributed by atoms with van der Waals surface area (Å²) in [5, 5.41) is 0.328. The minimum absolute atomic E-state index is 0.293. The summed E-state index contributed by atoms with van der Waals surface area (Å²) in [5.74, 6) is 0. The van der Waals surface area contributed by atoms with E-state index in [1.165, 1.54) is 17.4 Å². The molecule has 0 spiro atoms. The SMILES string of the molecule is CCc1ccc(S(=O)(=O)Nc2cc(Cl)c(N)cc2C)s1. The third-order valence-electron chi connectivity index (χ3n) is 2.84. The zero-order valence-corrected chi connectivity index (χ0v) is 13.5. The summed E-state index contributed by atoms with van der Waals surface area (Å²) in [7, 11) is -3.59. The molecule has 1 aromatic carbocycles. The van der Waals surface area contributed by atoms with Gasteiger partial charge in [-0.2, -0.15) is 0 Å². The van der Waals surface area contributed by atoms with Gasteiger partial charge in [0, 0.05) is 4.88 Å². The fraction of sp³-hybridized carbons (Fsp3) is 0.231. The molecule has 0 aliphatic rings. The van der Waals surface area contributed by atoms with Crippen molar-refractivity contribution in [3.63, 3.8) is 0 Å². The molecule has 20 heavy (non-hydrogen) atoms. The van der Waals surface area contributed by atoms with Crippen LogP contribution in [0.2, 0.25) is 5.02 Å². The molecule has 0 saturated heterocycles. The van der Waals surface area contributed by atoms with Crippen LogP contribution in [0.3, 0.4) is 0 Å². The topological polar surface area (TPSA) is 72.2 Å². The van der Waals surface area contributed by atoms with Gasteiger partial charge in [0.25, 0.3) is 10.0 Å². The minimum atomic E-state index is -3.59. The smallest absolute Gasteiger partial charge is 0.271 e. The van der Waals surface area contributed by atoms with Gasteiger partial charge in [0.2, 0.25) is 0 Å². The Morgan fingerprint density at radius 2 is 2.05 bits per heavy atom. The van der Waals surface area contributed by atoms with Gasteiger partial charge in [-0.25, -0.2) is 8.42 Å². The van der Waals surface area contributed by atoms with Crippen LogP contribution < -0.4 is 10.5 Å². The summed E-state index contributed by atoms with van der Waals surface area (Å²) in [6.45, 7) is 3.76. The molecule has 3 N–H and O–H groups in total. The molecule has 0 saturated carbocycles. The number of rotatable bonds is 4. The van der Waals surface area contributed by atoms with Crippen molar-refractivity contribution in [1.82, 2.24) is 0 Å². The maximum absolute atomic E-state index is 12.3. The molecule has 4 nitrogen and oxygen atoms in total. The fourth-order valence-corrected chi connectivity index (χ4v) is 4.28. The number of benzene rings is 1. The van der Waals surface area contributed by atoms with E-state index in [-0.39, 0.29) is 0 Å². The molecule has 0 aliphatic heterocycles. The Bertz CT molecular complexity index is 739. The molecule has 1 heterocycles.